The van der Waals surface area contributed by atoms with E-state index in [-0.39, 0.29) is 17.7 Å². The Labute approximate surface area is 153 Å². The minimum Gasteiger partial charge on any atom is -0.354 e. The van der Waals surface area contributed by atoms with Gasteiger partial charge in [-0.3, -0.25) is 9.59 Å². The second-order valence-corrected chi connectivity index (χ2v) is 7.24. The third-order valence-electron chi connectivity index (χ3n) is 4.65. The first kappa shape index (κ1) is 18.3. The molecule has 1 saturated heterocycles. The van der Waals surface area contributed by atoms with Crippen molar-refractivity contribution in [1.82, 2.24) is 30.0 Å². The van der Waals surface area contributed by atoms with Crippen molar-refractivity contribution in [2.24, 2.45) is 5.92 Å². The van der Waals surface area contributed by atoms with E-state index < -0.39 is 0 Å². The van der Waals surface area contributed by atoms with Crippen molar-refractivity contribution in [2.45, 2.75) is 46.1 Å². The molecule has 0 bridgehead atoms. The topological polar surface area (TPSA) is 93.0 Å². The molecule has 26 heavy (non-hydrogen) atoms. The van der Waals surface area contributed by atoms with E-state index >= 15 is 0 Å². The number of hydrogen-bond acceptors (Lipinski definition) is 5. The van der Waals surface area contributed by atoms with Gasteiger partial charge >= 0.3 is 0 Å². The number of amides is 2. The quantitative estimate of drug-likeness (QED) is 0.841. The van der Waals surface area contributed by atoms with Crippen molar-refractivity contribution < 1.29 is 9.59 Å². The normalized spacial score (nSPS) is 17.2. The Morgan fingerprint density at radius 1 is 1.31 bits per heavy atom. The first-order valence-corrected chi connectivity index (χ1v) is 9.15. The smallest absolute Gasteiger partial charge is 0.220 e. The van der Waals surface area contributed by atoms with Gasteiger partial charge in [0.05, 0.1) is 12.2 Å². The Morgan fingerprint density at radius 2 is 2.08 bits per heavy atom. The largest absolute Gasteiger partial charge is 0.354 e. The summed E-state index contributed by atoms with van der Waals surface area (Å²) in [5.41, 5.74) is 2.41. The molecule has 2 amide bonds. The second-order valence-electron chi connectivity index (χ2n) is 7.24. The lowest BCUT2D eigenvalue weighted by Gasteiger charge is -2.12. The highest BCUT2D eigenvalue weighted by Crippen LogP contribution is 2.30. The average molecular weight is 358 g/mol. The highest BCUT2D eigenvalue weighted by molar-refractivity contribution is 5.76. The van der Waals surface area contributed by atoms with Crippen molar-refractivity contribution in [3.05, 3.63) is 18.1 Å². The molecule has 1 N–H and O–H groups in total. The first-order chi connectivity index (χ1) is 12.5. The summed E-state index contributed by atoms with van der Waals surface area (Å²) in [4.78, 5) is 34.1. The molecule has 140 valence electrons. The third-order valence-corrected chi connectivity index (χ3v) is 4.65. The molecule has 1 aliphatic rings. The summed E-state index contributed by atoms with van der Waals surface area (Å²) in [6.07, 6.45) is 4.72. The predicted molar refractivity (Wildman–Crippen MR) is 97.4 cm³/mol. The van der Waals surface area contributed by atoms with Crippen LogP contribution in [0.25, 0.3) is 11.2 Å². The van der Waals surface area contributed by atoms with E-state index in [4.69, 9.17) is 5.10 Å². The van der Waals surface area contributed by atoms with Crippen molar-refractivity contribution in [2.75, 3.05) is 19.6 Å². The summed E-state index contributed by atoms with van der Waals surface area (Å²) < 4.78 is 1.81. The van der Waals surface area contributed by atoms with Crippen molar-refractivity contribution >= 4 is 23.0 Å². The van der Waals surface area contributed by atoms with Crippen LogP contribution in [0.1, 0.15) is 45.2 Å². The highest BCUT2D eigenvalue weighted by Gasteiger charge is 2.30. The summed E-state index contributed by atoms with van der Waals surface area (Å²) in [6.45, 7) is 8.11. The van der Waals surface area contributed by atoms with Gasteiger partial charge in [-0.05, 0) is 12.3 Å². The lowest BCUT2D eigenvalue weighted by molar-refractivity contribution is -0.127. The predicted octanol–water partition coefficient (Wildman–Crippen LogP) is 1.32. The van der Waals surface area contributed by atoms with Crippen LogP contribution in [0.4, 0.5) is 0 Å². The van der Waals surface area contributed by atoms with Gasteiger partial charge < -0.3 is 10.2 Å². The molecule has 0 spiro atoms. The molecule has 1 atom stereocenters. The number of aromatic nitrogens is 4. The molecular weight excluding hydrogens is 332 g/mol. The van der Waals surface area contributed by atoms with E-state index in [0.717, 1.165) is 29.8 Å². The van der Waals surface area contributed by atoms with Crippen LogP contribution in [0.15, 0.2) is 12.4 Å². The van der Waals surface area contributed by atoms with Gasteiger partial charge in [-0.1, -0.05) is 13.8 Å². The van der Waals surface area contributed by atoms with Gasteiger partial charge in [-0.15, -0.1) is 0 Å². The molecule has 1 fully saturated rings. The van der Waals surface area contributed by atoms with Crippen LogP contribution in [0.3, 0.4) is 0 Å². The standard InChI is InChI=1S/C18H26N6O2/c1-12(2)10-15(26)19-7-9-24-18-17(20-5-6-21-18)16(22-24)14-4-8-23(11-14)13(3)25/h5-6,12,14H,4,7-11H2,1-3H3,(H,19,26). The number of rotatable bonds is 6. The van der Waals surface area contributed by atoms with Crippen molar-refractivity contribution in [3.63, 3.8) is 0 Å². The van der Waals surface area contributed by atoms with Gasteiger partial charge in [-0.2, -0.15) is 5.10 Å². The number of hydrogen-bond donors (Lipinski definition) is 1. The Kier molecular flexibility index (Phi) is 5.49. The zero-order chi connectivity index (χ0) is 18.7. The van der Waals surface area contributed by atoms with Gasteiger partial charge in [0.15, 0.2) is 5.65 Å². The first-order valence-electron chi connectivity index (χ1n) is 9.15. The lowest BCUT2D eigenvalue weighted by atomic mass is 10.0. The van der Waals surface area contributed by atoms with Crippen LogP contribution >= 0.6 is 0 Å². The molecule has 2 aromatic rings. The summed E-state index contributed by atoms with van der Waals surface area (Å²) in [5.74, 6) is 0.658. The molecule has 1 unspecified atom stereocenters. The number of nitrogens with one attached hydrogen (secondary N) is 1. The van der Waals surface area contributed by atoms with Crippen LogP contribution in [0.5, 0.6) is 0 Å². The maximum atomic E-state index is 11.8. The fourth-order valence-electron chi connectivity index (χ4n) is 3.37. The number of carbonyl (C=O) groups excluding carboxylic acids is 2. The molecule has 3 rings (SSSR count). The van der Waals surface area contributed by atoms with Crippen LogP contribution in [0.2, 0.25) is 0 Å². The second kappa shape index (κ2) is 7.80. The van der Waals surface area contributed by atoms with Gasteiger partial charge in [-0.25, -0.2) is 14.6 Å². The molecule has 8 heteroatoms. The molecule has 0 aliphatic carbocycles. The molecule has 3 heterocycles. The number of likely N-dealkylation sites (tertiary alicyclic amines) is 1. The van der Waals surface area contributed by atoms with Gasteiger partial charge in [0, 0.05) is 51.3 Å². The van der Waals surface area contributed by atoms with Gasteiger partial charge in [0.25, 0.3) is 0 Å². The molecule has 2 aromatic heterocycles. The summed E-state index contributed by atoms with van der Waals surface area (Å²) in [7, 11) is 0. The van der Waals surface area contributed by atoms with Crippen molar-refractivity contribution in [3.8, 4) is 0 Å². The van der Waals surface area contributed by atoms with E-state index in [2.05, 4.69) is 15.3 Å². The van der Waals surface area contributed by atoms with E-state index in [1.807, 2.05) is 23.4 Å². The molecule has 0 aromatic carbocycles. The van der Waals surface area contributed by atoms with Crippen LogP contribution in [-0.2, 0) is 16.1 Å². The van der Waals surface area contributed by atoms with Crippen LogP contribution in [-0.4, -0.2) is 56.1 Å². The fourth-order valence-corrected chi connectivity index (χ4v) is 3.37. The van der Waals surface area contributed by atoms with Crippen LogP contribution in [0, 0.1) is 5.92 Å². The summed E-state index contributed by atoms with van der Waals surface area (Å²) in [6, 6.07) is 0. The summed E-state index contributed by atoms with van der Waals surface area (Å²) >= 11 is 0. The molecular formula is C18H26N6O2. The third kappa shape index (κ3) is 4.00. The minimum atomic E-state index is 0.0515. The molecule has 0 radical (unpaired) electrons. The average Bonchev–Trinajstić information content (AvgIpc) is 3.19. The zero-order valence-corrected chi connectivity index (χ0v) is 15.6. The molecule has 0 saturated carbocycles. The van der Waals surface area contributed by atoms with Crippen LogP contribution < -0.4 is 5.32 Å². The minimum absolute atomic E-state index is 0.0515. The lowest BCUT2D eigenvalue weighted by Crippen LogP contribution is -2.28. The monoisotopic (exact) mass is 358 g/mol. The number of fused-ring (bicyclic) bond motifs is 1. The zero-order valence-electron chi connectivity index (χ0n) is 15.6. The number of nitrogens with zero attached hydrogens (tertiary/aromatic N) is 5. The highest BCUT2D eigenvalue weighted by atomic mass is 16.2. The Morgan fingerprint density at radius 3 is 2.77 bits per heavy atom. The van der Waals surface area contributed by atoms with Gasteiger partial charge in [0.1, 0.15) is 5.52 Å². The fraction of sp³-hybridized carbons (Fsp3) is 0.611. The SMILES string of the molecule is CC(=O)N1CCC(c2nn(CCNC(=O)CC(C)C)c3nccnc23)C1. The Balaban J connectivity index is 1.73. The van der Waals surface area contributed by atoms with Gasteiger partial charge in [0.2, 0.25) is 11.8 Å². The molecule has 1 aliphatic heterocycles. The molecule has 8 nitrogen and oxygen atoms in total. The van der Waals surface area contributed by atoms with E-state index in [9.17, 15) is 9.59 Å². The number of carbonyl (C=O) groups is 2. The Hall–Kier alpha value is -2.51. The maximum absolute atomic E-state index is 11.8. The summed E-state index contributed by atoms with van der Waals surface area (Å²) in [5, 5.41) is 7.65. The van der Waals surface area contributed by atoms with Crippen molar-refractivity contribution in [1.29, 1.82) is 0 Å². The Bertz CT molecular complexity index is 800. The van der Waals surface area contributed by atoms with E-state index in [0.29, 0.717) is 32.0 Å². The maximum Gasteiger partial charge on any atom is 0.220 e. The van der Waals surface area contributed by atoms with E-state index in [1.54, 1.807) is 19.3 Å². The van der Waals surface area contributed by atoms with E-state index in [1.165, 1.54) is 0 Å².